The van der Waals surface area contributed by atoms with Crippen LogP contribution in [0.4, 0.5) is 0 Å². The topological polar surface area (TPSA) is 88.3 Å². The predicted octanol–water partition coefficient (Wildman–Crippen LogP) is 5.07. The maximum absolute atomic E-state index is 10.2. The molecule has 0 aromatic rings. The summed E-state index contributed by atoms with van der Waals surface area (Å²) in [5.74, 6) is 0.672. The lowest BCUT2D eigenvalue weighted by molar-refractivity contribution is 0.378. The Kier molecular flexibility index (Phi) is 20.7. The number of aliphatic imine (C=N–C) groups is 3. The minimum Gasteiger partial charge on any atom is -0.211 e. The first-order chi connectivity index (χ1) is 13.3. The molecule has 152 valence electrons. The van der Waals surface area contributed by atoms with Gasteiger partial charge in [-0.1, -0.05) is 64.2 Å². The zero-order chi connectivity index (χ0) is 19.8. The first kappa shape index (κ1) is 25.1. The Morgan fingerprint density at radius 1 is 0.444 bits per heavy atom. The summed E-state index contributed by atoms with van der Waals surface area (Å²) in [6.07, 6.45) is 20.9. The molecule has 0 aliphatic rings. The lowest BCUT2D eigenvalue weighted by Gasteiger charge is -2.16. The largest absolute Gasteiger partial charge is 0.234 e. The molecule has 0 saturated heterocycles. The first-order valence-corrected chi connectivity index (χ1v) is 10.5. The van der Waals surface area contributed by atoms with Gasteiger partial charge in [-0.25, -0.2) is 29.4 Å². The van der Waals surface area contributed by atoms with E-state index in [1.165, 1.54) is 44.9 Å². The van der Waals surface area contributed by atoms with Gasteiger partial charge in [0.25, 0.3) is 0 Å². The van der Waals surface area contributed by atoms with Crippen LogP contribution in [0.3, 0.4) is 0 Å². The van der Waals surface area contributed by atoms with Crippen LogP contribution in [0.2, 0.25) is 0 Å². The Balaban J connectivity index is 3.73. The van der Waals surface area contributed by atoms with Crippen LogP contribution in [0.25, 0.3) is 0 Å². The number of rotatable bonds is 20. The molecule has 0 radical (unpaired) electrons. The summed E-state index contributed by atoms with van der Waals surface area (Å²) in [5, 5.41) is 0. The molecule has 0 aromatic heterocycles. The van der Waals surface area contributed by atoms with Crippen molar-refractivity contribution in [2.75, 3.05) is 19.6 Å². The van der Waals surface area contributed by atoms with Gasteiger partial charge in [-0.2, -0.15) is 0 Å². The third kappa shape index (κ3) is 20.3. The Hall–Kier alpha value is -1.86. The molecule has 0 heterocycles. The highest BCUT2D eigenvalue weighted by Crippen LogP contribution is 2.22. The van der Waals surface area contributed by atoms with Gasteiger partial charge >= 0.3 is 0 Å². The quantitative estimate of drug-likeness (QED) is 0.168. The molecule has 0 aliphatic carbocycles. The molecular weight excluding hydrogens is 342 g/mol. The van der Waals surface area contributed by atoms with Gasteiger partial charge in [-0.05, 0) is 31.6 Å². The summed E-state index contributed by atoms with van der Waals surface area (Å²) in [5.41, 5.74) is 0. The Labute approximate surface area is 163 Å². The van der Waals surface area contributed by atoms with E-state index in [9.17, 15) is 14.4 Å². The highest BCUT2D eigenvalue weighted by molar-refractivity contribution is 5.33. The van der Waals surface area contributed by atoms with Crippen molar-refractivity contribution in [3.8, 4) is 0 Å². The molecule has 6 heteroatoms. The molecule has 6 nitrogen and oxygen atoms in total. The van der Waals surface area contributed by atoms with E-state index in [0.29, 0.717) is 25.6 Å². The second kappa shape index (κ2) is 22.2. The molecule has 1 unspecified atom stereocenters. The molecular formula is C21H35N3O3. The van der Waals surface area contributed by atoms with E-state index in [2.05, 4.69) is 15.0 Å². The normalized spacial score (nSPS) is 11.1. The summed E-state index contributed by atoms with van der Waals surface area (Å²) < 4.78 is 0. The van der Waals surface area contributed by atoms with E-state index in [-0.39, 0.29) is 0 Å². The van der Waals surface area contributed by atoms with Crippen molar-refractivity contribution >= 4 is 18.2 Å². The van der Waals surface area contributed by atoms with Crippen molar-refractivity contribution in [3.63, 3.8) is 0 Å². The third-order valence-corrected chi connectivity index (χ3v) is 4.84. The van der Waals surface area contributed by atoms with E-state index >= 15 is 0 Å². The summed E-state index contributed by atoms with van der Waals surface area (Å²) in [6, 6.07) is 0. The van der Waals surface area contributed by atoms with Crippen molar-refractivity contribution in [3.05, 3.63) is 0 Å². The van der Waals surface area contributed by atoms with Gasteiger partial charge in [-0.15, -0.1) is 0 Å². The molecule has 1 atom stereocenters. The number of hydrogen-bond donors (Lipinski definition) is 0. The van der Waals surface area contributed by atoms with Crippen LogP contribution >= 0.6 is 0 Å². The van der Waals surface area contributed by atoms with Gasteiger partial charge in [0.2, 0.25) is 18.2 Å². The summed E-state index contributed by atoms with van der Waals surface area (Å²) in [6.45, 7) is 1.77. The molecule has 0 aromatic carbocycles. The fourth-order valence-electron chi connectivity index (χ4n) is 3.34. The Bertz CT molecular complexity index is 477. The number of carbonyl (C=O) groups excluding carboxylic acids is 3. The lowest BCUT2D eigenvalue weighted by atomic mass is 9.91. The molecule has 27 heavy (non-hydrogen) atoms. The Morgan fingerprint density at radius 2 is 0.778 bits per heavy atom. The van der Waals surface area contributed by atoms with Gasteiger partial charge in [0.1, 0.15) is 0 Å². The van der Waals surface area contributed by atoms with Crippen LogP contribution in [0.15, 0.2) is 15.0 Å². The minimum absolute atomic E-state index is 0.577. The van der Waals surface area contributed by atoms with Crippen molar-refractivity contribution in [1.29, 1.82) is 0 Å². The van der Waals surface area contributed by atoms with Gasteiger partial charge in [0, 0.05) is 0 Å². The number of unbranched alkanes of at least 4 members (excludes halogenated alkanes) is 8. The predicted molar refractivity (Wildman–Crippen MR) is 107 cm³/mol. The van der Waals surface area contributed by atoms with Crippen LogP contribution in [0.5, 0.6) is 0 Å². The summed E-state index contributed by atoms with van der Waals surface area (Å²) >= 11 is 0. The van der Waals surface area contributed by atoms with Crippen molar-refractivity contribution < 1.29 is 14.4 Å². The van der Waals surface area contributed by atoms with Gasteiger partial charge in [-0.3, -0.25) is 0 Å². The van der Waals surface area contributed by atoms with E-state index in [1.54, 1.807) is 18.2 Å². The second-order valence-corrected chi connectivity index (χ2v) is 7.04. The average Bonchev–Trinajstić information content (AvgIpc) is 2.68. The van der Waals surface area contributed by atoms with E-state index in [4.69, 9.17) is 0 Å². The fourth-order valence-corrected chi connectivity index (χ4v) is 3.34. The molecule has 0 fully saturated rings. The smallest absolute Gasteiger partial charge is 0.211 e. The molecule has 0 N–H and O–H groups in total. The molecule has 0 aliphatic heterocycles. The van der Waals surface area contributed by atoms with Crippen molar-refractivity contribution in [2.45, 2.75) is 89.9 Å². The maximum atomic E-state index is 10.2. The standard InChI is InChI=1S/C21H35N3O3/c25-18-22-15-9-6-4-2-1-3-5-7-12-21(14-11-17-24-20-27)13-8-10-16-23-19-26/h21H,1-17H2. The van der Waals surface area contributed by atoms with Crippen molar-refractivity contribution in [1.82, 2.24) is 0 Å². The number of hydrogen-bond acceptors (Lipinski definition) is 6. The monoisotopic (exact) mass is 377 g/mol. The third-order valence-electron chi connectivity index (χ3n) is 4.84. The number of nitrogens with zero attached hydrogens (tertiary/aromatic N) is 3. The minimum atomic E-state index is 0.577. The van der Waals surface area contributed by atoms with Crippen LogP contribution in [0.1, 0.15) is 89.9 Å². The summed E-state index contributed by atoms with van der Waals surface area (Å²) in [7, 11) is 0. The molecule has 0 bridgehead atoms. The molecule has 0 saturated carbocycles. The fraction of sp³-hybridized carbons (Fsp3) is 0.857. The number of isocyanates is 3. The van der Waals surface area contributed by atoms with Crippen LogP contribution in [0, 0.1) is 5.92 Å². The van der Waals surface area contributed by atoms with E-state index in [0.717, 1.165) is 44.9 Å². The van der Waals surface area contributed by atoms with E-state index in [1.807, 2.05) is 0 Å². The maximum Gasteiger partial charge on any atom is 0.234 e. The van der Waals surface area contributed by atoms with Gasteiger partial charge < -0.3 is 0 Å². The summed E-state index contributed by atoms with van der Waals surface area (Å²) in [4.78, 5) is 41.0. The van der Waals surface area contributed by atoms with Crippen molar-refractivity contribution in [2.24, 2.45) is 20.9 Å². The first-order valence-electron chi connectivity index (χ1n) is 10.5. The van der Waals surface area contributed by atoms with Gasteiger partial charge in [0.15, 0.2) is 0 Å². The van der Waals surface area contributed by atoms with Gasteiger partial charge in [0.05, 0.1) is 19.6 Å². The Morgan fingerprint density at radius 3 is 1.30 bits per heavy atom. The zero-order valence-electron chi connectivity index (χ0n) is 16.7. The SMILES string of the molecule is O=C=NCCCCCCCCCCC(CCCCN=C=O)CCCN=C=O. The second-order valence-electron chi connectivity index (χ2n) is 7.04. The molecule has 0 rings (SSSR count). The molecule has 0 amide bonds. The van der Waals surface area contributed by atoms with E-state index < -0.39 is 0 Å². The average molecular weight is 378 g/mol. The van der Waals surface area contributed by atoms with Crippen LogP contribution in [-0.4, -0.2) is 37.9 Å². The van der Waals surface area contributed by atoms with Crippen LogP contribution < -0.4 is 0 Å². The zero-order valence-corrected chi connectivity index (χ0v) is 16.7. The molecule has 0 spiro atoms. The highest BCUT2D eigenvalue weighted by Gasteiger charge is 2.08. The van der Waals surface area contributed by atoms with Crippen LogP contribution in [-0.2, 0) is 14.4 Å². The highest BCUT2D eigenvalue weighted by atomic mass is 16.1. The lowest BCUT2D eigenvalue weighted by Crippen LogP contribution is -2.03.